The van der Waals surface area contributed by atoms with E-state index in [-0.39, 0.29) is 6.10 Å². The Labute approximate surface area is 80.8 Å². The normalized spacial score (nSPS) is 11.4. The molecule has 0 heterocycles. The summed E-state index contributed by atoms with van der Waals surface area (Å²) in [6.45, 7) is 5.80. The molecule has 1 atom stereocenters. The number of hydrogen-bond acceptors (Lipinski definition) is 2. The molecule has 0 saturated carbocycles. The molecular formula is C10H22O3. The molecular weight excluding hydrogens is 168 g/mol. The van der Waals surface area contributed by atoms with Gasteiger partial charge in [-0.15, -0.1) is 0 Å². The SMILES string of the molecule is CCCC(=O)O.CCCCC(C)O. The van der Waals surface area contributed by atoms with E-state index in [9.17, 15) is 4.79 Å². The van der Waals surface area contributed by atoms with Gasteiger partial charge in [-0.2, -0.15) is 0 Å². The Kier molecular flexibility index (Phi) is 13.1. The topological polar surface area (TPSA) is 57.5 Å². The predicted octanol–water partition coefficient (Wildman–Crippen LogP) is 2.43. The Morgan fingerprint density at radius 1 is 1.31 bits per heavy atom. The van der Waals surface area contributed by atoms with Crippen LogP contribution in [0.15, 0.2) is 0 Å². The van der Waals surface area contributed by atoms with E-state index in [1.165, 1.54) is 6.42 Å². The average molecular weight is 190 g/mol. The molecule has 0 fully saturated rings. The Balaban J connectivity index is 0. The third kappa shape index (κ3) is 24.6. The third-order valence-corrected chi connectivity index (χ3v) is 1.44. The molecule has 13 heavy (non-hydrogen) atoms. The van der Waals surface area contributed by atoms with Crippen molar-refractivity contribution in [1.82, 2.24) is 0 Å². The molecule has 0 aromatic heterocycles. The van der Waals surface area contributed by atoms with Crippen molar-refractivity contribution in [3.63, 3.8) is 0 Å². The highest BCUT2D eigenvalue weighted by Crippen LogP contribution is 1.97. The van der Waals surface area contributed by atoms with Gasteiger partial charge >= 0.3 is 5.97 Å². The Morgan fingerprint density at radius 2 is 1.85 bits per heavy atom. The molecule has 0 aliphatic heterocycles. The lowest BCUT2D eigenvalue weighted by Crippen LogP contribution is -1.97. The van der Waals surface area contributed by atoms with Gasteiger partial charge in [0.25, 0.3) is 0 Å². The van der Waals surface area contributed by atoms with Crippen molar-refractivity contribution < 1.29 is 15.0 Å². The zero-order chi connectivity index (χ0) is 10.7. The summed E-state index contributed by atoms with van der Waals surface area (Å²) in [7, 11) is 0. The van der Waals surface area contributed by atoms with Gasteiger partial charge in [0.15, 0.2) is 0 Å². The van der Waals surface area contributed by atoms with Crippen LogP contribution in [0.25, 0.3) is 0 Å². The summed E-state index contributed by atoms with van der Waals surface area (Å²) in [6, 6.07) is 0. The number of aliphatic hydroxyl groups excluding tert-OH is 1. The van der Waals surface area contributed by atoms with Gasteiger partial charge in [-0.25, -0.2) is 0 Å². The van der Waals surface area contributed by atoms with Gasteiger partial charge in [-0.05, 0) is 19.8 Å². The van der Waals surface area contributed by atoms with Gasteiger partial charge in [0.05, 0.1) is 6.10 Å². The van der Waals surface area contributed by atoms with Crippen molar-refractivity contribution >= 4 is 5.97 Å². The van der Waals surface area contributed by atoms with E-state index in [2.05, 4.69) is 6.92 Å². The van der Waals surface area contributed by atoms with Gasteiger partial charge in [0.1, 0.15) is 0 Å². The fourth-order valence-electron chi connectivity index (χ4n) is 0.713. The Bertz CT molecular complexity index is 111. The average Bonchev–Trinajstić information content (AvgIpc) is 2.01. The molecule has 0 aromatic rings. The van der Waals surface area contributed by atoms with Crippen molar-refractivity contribution in [2.45, 2.75) is 59.0 Å². The first-order valence-corrected chi connectivity index (χ1v) is 4.94. The smallest absolute Gasteiger partial charge is 0.303 e. The van der Waals surface area contributed by atoms with Crippen LogP contribution in [0.1, 0.15) is 52.9 Å². The third-order valence-electron chi connectivity index (χ3n) is 1.44. The van der Waals surface area contributed by atoms with E-state index in [1.807, 2.05) is 13.8 Å². The lowest BCUT2D eigenvalue weighted by atomic mass is 10.2. The minimum absolute atomic E-state index is 0.0973. The highest BCUT2D eigenvalue weighted by Gasteiger charge is 1.90. The van der Waals surface area contributed by atoms with E-state index in [0.29, 0.717) is 6.42 Å². The number of aliphatic carboxylic acids is 1. The summed E-state index contributed by atoms with van der Waals surface area (Å²) in [5, 5.41) is 16.6. The van der Waals surface area contributed by atoms with Crippen LogP contribution >= 0.6 is 0 Å². The zero-order valence-electron chi connectivity index (χ0n) is 8.92. The number of carboxylic acids is 1. The second-order valence-electron chi connectivity index (χ2n) is 3.13. The first-order valence-electron chi connectivity index (χ1n) is 4.94. The van der Waals surface area contributed by atoms with Gasteiger partial charge in [-0.1, -0.05) is 26.7 Å². The minimum atomic E-state index is -0.711. The van der Waals surface area contributed by atoms with Gasteiger partial charge in [0, 0.05) is 6.42 Å². The van der Waals surface area contributed by atoms with E-state index < -0.39 is 5.97 Å². The van der Waals surface area contributed by atoms with E-state index >= 15 is 0 Å². The molecule has 0 aromatic carbocycles. The molecule has 0 aliphatic rings. The van der Waals surface area contributed by atoms with Gasteiger partial charge < -0.3 is 10.2 Å². The van der Waals surface area contributed by atoms with Crippen molar-refractivity contribution in [2.75, 3.05) is 0 Å². The molecule has 0 rings (SSSR count). The number of aliphatic hydroxyl groups is 1. The zero-order valence-corrected chi connectivity index (χ0v) is 8.92. The van der Waals surface area contributed by atoms with Crippen LogP contribution in [0.5, 0.6) is 0 Å². The molecule has 2 N–H and O–H groups in total. The molecule has 3 nitrogen and oxygen atoms in total. The van der Waals surface area contributed by atoms with Crippen molar-refractivity contribution in [1.29, 1.82) is 0 Å². The minimum Gasteiger partial charge on any atom is -0.481 e. The molecule has 3 heteroatoms. The number of unbranched alkanes of at least 4 members (excludes halogenated alkanes) is 1. The fraction of sp³-hybridized carbons (Fsp3) is 0.900. The highest BCUT2D eigenvalue weighted by atomic mass is 16.4. The van der Waals surface area contributed by atoms with Crippen LogP contribution in [0, 0.1) is 0 Å². The van der Waals surface area contributed by atoms with Crippen LogP contribution < -0.4 is 0 Å². The highest BCUT2D eigenvalue weighted by molar-refractivity contribution is 5.66. The van der Waals surface area contributed by atoms with Crippen LogP contribution in [0.4, 0.5) is 0 Å². The van der Waals surface area contributed by atoms with E-state index in [0.717, 1.165) is 19.3 Å². The lowest BCUT2D eigenvalue weighted by Gasteiger charge is -1.98. The monoisotopic (exact) mass is 190 g/mol. The standard InChI is InChI=1S/C6H14O.C4H8O2/c1-3-4-5-6(2)7;1-2-3-4(5)6/h6-7H,3-5H2,1-2H3;2-3H2,1H3,(H,5,6). The molecule has 0 radical (unpaired) electrons. The van der Waals surface area contributed by atoms with Crippen molar-refractivity contribution in [3.05, 3.63) is 0 Å². The van der Waals surface area contributed by atoms with Crippen LogP contribution in [0.3, 0.4) is 0 Å². The van der Waals surface area contributed by atoms with Gasteiger partial charge in [0.2, 0.25) is 0 Å². The fourth-order valence-corrected chi connectivity index (χ4v) is 0.713. The van der Waals surface area contributed by atoms with Crippen LogP contribution in [-0.2, 0) is 4.79 Å². The Morgan fingerprint density at radius 3 is 1.92 bits per heavy atom. The summed E-state index contributed by atoms with van der Waals surface area (Å²) in [6.07, 6.45) is 4.22. The maximum absolute atomic E-state index is 9.60. The second-order valence-corrected chi connectivity index (χ2v) is 3.13. The molecule has 1 unspecified atom stereocenters. The largest absolute Gasteiger partial charge is 0.481 e. The number of hydrogen-bond donors (Lipinski definition) is 2. The van der Waals surface area contributed by atoms with Gasteiger partial charge in [-0.3, -0.25) is 4.79 Å². The Hall–Kier alpha value is -0.570. The first-order chi connectivity index (χ1) is 6.04. The second kappa shape index (κ2) is 11.4. The van der Waals surface area contributed by atoms with E-state index in [1.54, 1.807) is 0 Å². The number of carboxylic acid groups (broad SMARTS) is 1. The maximum Gasteiger partial charge on any atom is 0.303 e. The lowest BCUT2D eigenvalue weighted by molar-refractivity contribution is -0.137. The van der Waals surface area contributed by atoms with Crippen LogP contribution in [-0.4, -0.2) is 22.3 Å². The molecule has 0 bridgehead atoms. The van der Waals surface area contributed by atoms with Crippen molar-refractivity contribution in [3.8, 4) is 0 Å². The number of rotatable bonds is 5. The van der Waals surface area contributed by atoms with Crippen molar-refractivity contribution in [2.24, 2.45) is 0 Å². The van der Waals surface area contributed by atoms with Crippen LogP contribution in [0.2, 0.25) is 0 Å². The summed E-state index contributed by atoms with van der Waals surface area (Å²) in [4.78, 5) is 9.60. The first kappa shape index (κ1) is 14.9. The summed E-state index contributed by atoms with van der Waals surface area (Å²) < 4.78 is 0. The summed E-state index contributed by atoms with van der Waals surface area (Å²) in [5.41, 5.74) is 0. The predicted molar refractivity (Wildman–Crippen MR) is 53.7 cm³/mol. The van der Waals surface area contributed by atoms with E-state index in [4.69, 9.17) is 10.2 Å². The summed E-state index contributed by atoms with van der Waals surface area (Å²) >= 11 is 0. The molecule has 80 valence electrons. The summed E-state index contributed by atoms with van der Waals surface area (Å²) in [5.74, 6) is -0.711. The molecule has 0 spiro atoms. The molecule has 0 amide bonds. The maximum atomic E-state index is 9.60. The number of carbonyl (C=O) groups is 1. The molecule has 0 saturated heterocycles. The molecule has 0 aliphatic carbocycles. The quantitative estimate of drug-likeness (QED) is 0.700.